The number of hydrogen-bond donors (Lipinski definition) is 1. The molecule has 5 nitrogen and oxygen atoms in total. The molecule has 2 aromatic carbocycles. The van der Waals surface area contributed by atoms with Gasteiger partial charge in [0.05, 0.1) is 5.57 Å². The Bertz CT molecular complexity index is 1030. The average Bonchev–Trinajstić information content (AvgIpc) is 2.90. The van der Waals surface area contributed by atoms with E-state index in [2.05, 4.69) is 0 Å². The van der Waals surface area contributed by atoms with Crippen LogP contribution in [0.3, 0.4) is 0 Å². The van der Waals surface area contributed by atoms with Crippen molar-refractivity contribution in [3.05, 3.63) is 63.9 Å². The number of nitrogens with two attached hydrogens (primary N) is 1. The molecular weight excluding hydrogens is 369 g/mol. The highest BCUT2D eigenvalue weighted by atomic mass is 35.5. The predicted molar refractivity (Wildman–Crippen MR) is 91.7 cm³/mol. The van der Waals surface area contributed by atoms with E-state index in [1.807, 2.05) is 0 Å². The molecule has 1 aliphatic heterocycles. The van der Waals surface area contributed by atoms with Gasteiger partial charge in [-0.3, -0.25) is 0 Å². The van der Waals surface area contributed by atoms with Crippen molar-refractivity contribution in [1.82, 2.24) is 0 Å². The second-order valence-electron chi connectivity index (χ2n) is 5.58. The number of cyclic esters (lactones) is 1. The van der Waals surface area contributed by atoms with Crippen molar-refractivity contribution >= 4 is 38.7 Å². The summed E-state index contributed by atoms with van der Waals surface area (Å²) in [6.07, 6.45) is 0. The molecule has 0 saturated heterocycles. The highest BCUT2D eigenvalue weighted by molar-refractivity contribution is 7.89. The monoisotopic (exact) mass is 381 g/mol. The molecule has 0 amide bonds. The first-order valence-corrected chi connectivity index (χ1v) is 9.10. The fourth-order valence-electron chi connectivity index (χ4n) is 2.64. The SMILES string of the molecule is Cc1cc(C2=C(c3ccc(S(N)(=O)=O)c(F)c3)COC2=O)ccc1Cl. The highest BCUT2D eigenvalue weighted by Crippen LogP contribution is 2.35. The van der Waals surface area contributed by atoms with Crippen LogP contribution in [0.2, 0.25) is 5.02 Å². The van der Waals surface area contributed by atoms with Gasteiger partial charge in [0.1, 0.15) is 17.3 Å². The summed E-state index contributed by atoms with van der Waals surface area (Å²) in [4.78, 5) is 11.5. The van der Waals surface area contributed by atoms with Gasteiger partial charge in [-0.25, -0.2) is 22.7 Å². The summed E-state index contributed by atoms with van der Waals surface area (Å²) in [5.74, 6) is -1.52. The van der Waals surface area contributed by atoms with Gasteiger partial charge in [-0.2, -0.15) is 0 Å². The van der Waals surface area contributed by atoms with Crippen LogP contribution >= 0.6 is 11.6 Å². The van der Waals surface area contributed by atoms with Crippen LogP contribution in [-0.4, -0.2) is 21.0 Å². The van der Waals surface area contributed by atoms with Crippen molar-refractivity contribution in [1.29, 1.82) is 0 Å². The minimum absolute atomic E-state index is 0.0377. The molecule has 0 radical (unpaired) electrons. The number of carbonyl (C=O) groups is 1. The largest absolute Gasteiger partial charge is 0.457 e. The minimum Gasteiger partial charge on any atom is -0.457 e. The molecule has 0 fully saturated rings. The van der Waals surface area contributed by atoms with E-state index in [9.17, 15) is 17.6 Å². The molecule has 2 aromatic rings. The standard InChI is InChI=1S/C17H13ClFNO4S/c1-9-6-11(2-4-13(9)18)16-12(8-24-17(16)21)10-3-5-15(14(19)7-10)25(20,22)23/h2-7H,8H2,1H3,(H2,20,22,23). The zero-order chi connectivity index (χ0) is 18.4. The molecule has 0 saturated carbocycles. The van der Waals surface area contributed by atoms with Gasteiger partial charge in [0, 0.05) is 10.6 Å². The van der Waals surface area contributed by atoms with Crippen LogP contribution in [0.15, 0.2) is 41.3 Å². The summed E-state index contributed by atoms with van der Waals surface area (Å²) in [6.45, 7) is 1.76. The summed E-state index contributed by atoms with van der Waals surface area (Å²) < 4.78 is 41.9. The highest BCUT2D eigenvalue weighted by Gasteiger charge is 2.28. The third-order valence-corrected chi connectivity index (χ3v) is 5.26. The molecule has 130 valence electrons. The summed E-state index contributed by atoms with van der Waals surface area (Å²) in [5, 5.41) is 5.52. The van der Waals surface area contributed by atoms with Crippen molar-refractivity contribution in [3.63, 3.8) is 0 Å². The van der Waals surface area contributed by atoms with Crippen molar-refractivity contribution in [3.8, 4) is 0 Å². The van der Waals surface area contributed by atoms with E-state index in [4.69, 9.17) is 21.5 Å². The molecule has 0 aliphatic carbocycles. The first-order chi connectivity index (χ1) is 11.7. The number of primary sulfonamides is 1. The van der Waals surface area contributed by atoms with Crippen LogP contribution in [0.5, 0.6) is 0 Å². The Morgan fingerprint density at radius 2 is 1.84 bits per heavy atom. The Labute approximate surface area is 148 Å². The Morgan fingerprint density at radius 3 is 2.44 bits per heavy atom. The smallest absolute Gasteiger partial charge is 0.339 e. The van der Waals surface area contributed by atoms with Crippen LogP contribution in [0, 0.1) is 12.7 Å². The Kier molecular flexibility index (Phi) is 4.40. The third-order valence-electron chi connectivity index (χ3n) is 3.89. The van der Waals surface area contributed by atoms with Crippen LogP contribution < -0.4 is 5.14 Å². The number of sulfonamides is 1. The van der Waals surface area contributed by atoms with E-state index < -0.39 is 26.7 Å². The summed E-state index contributed by atoms with van der Waals surface area (Å²) >= 11 is 6.01. The number of benzene rings is 2. The van der Waals surface area contributed by atoms with Crippen LogP contribution in [-0.2, 0) is 19.6 Å². The van der Waals surface area contributed by atoms with Gasteiger partial charge in [0.15, 0.2) is 0 Å². The molecule has 8 heteroatoms. The van der Waals surface area contributed by atoms with Crippen LogP contribution in [0.4, 0.5) is 4.39 Å². The summed E-state index contributed by atoms with van der Waals surface area (Å²) in [5.41, 5.74) is 2.48. The van der Waals surface area contributed by atoms with Gasteiger partial charge in [-0.1, -0.05) is 23.7 Å². The maximum atomic E-state index is 14.1. The van der Waals surface area contributed by atoms with Crippen LogP contribution in [0.1, 0.15) is 16.7 Å². The molecule has 3 rings (SSSR count). The molecule has 2 N–H and O–H groups in total. The maximum absolute atomic E-state index is 14.1. The van der Waals surface area contributed by atoms with Gasteiger partial charge in [-0.15, -0.1) is 0 Å². The van der Waals surface area contributed by atoms with E-state index in [0.29, 0.717) is 27.3 Å². The molecule has 25 heavy (non-hydrogen) atoms. The number of aryl methyl sites for hydroxylation is 1. The van der Waals surface area contributed by atoms with E-state index in [1.54, 1.807) is 25.1 Å². The minimum atomic E-state index is -4.16. The quantitative estimate of drug-likeness (QED) is 0.828. The molecule has 1 aliphatic rings. The number of ether oxygens (including phenoxy) is 1. The Morgan fingerprint density at radius 1 is 1.16 bits per heavy atom. The first kappa shape index (κ1) is 17.6. The third kappa shape index (κ3) is 3.30. The van der Waals surface area contributed by atoms with E-state index >= 15 is 0 Å². The fourth-order valence-corrected chi connectivity index (χ4v) is 3.35. The second-order valence-corrected chi connectivity index (χ2v) is 7.52. The second kappa shape index (κ2) is 6.25. The lowest BCUT2D eigenvalue weighted by molar-refractivity contribution is -0.133. The molecule has 0 aromatic heterocycles. The van der Waals surface area contributed by atoms with Crippen molar-refractivity contribution < 1.29 is 22.3 Å². The van der Waals surface area contributed by atoms with Gasteiger partial charge in [0.2, 0.25) is 10.0 Å². The normalized spacial score (nSPS) is 14.8. The lowest BCUT2D eigenvalue weighted by Gasteiger charge is -2.08. The van der Waals surface area contributed by atoms with E-state index in [-0.39, 0.29) is 6.61 Å². The molecule has 0 bridgehead atoms. The number of halogens is 2. The number of hydrogen-bond acceptors (Lipinski definition) is 4. The molecular formula is C17H13ClFNO4S. The lowest BCUT2D eigenvalue weighted by atomic mass is 9.95. The number of carbonyl (C=O) groups excluding carboxylic acids is 1. The molecule has 0 unspecified atom stereocenters. The molecule has 0 spiro atoms. The zero-order valence-electron chi connectivity index (χ0n) is 13.0. The molecule has 1 heterocycles. The van der Waals surface area contributed by atoms with Gasteiger partial charge < -0.3 is 4.74 Å². The number of rotatable bonds is 3. The van der Waals surface area contributed by atoms with Gasteiger partial charge in [0.25, 0.3) is 0 Å². The fraction of sp³-hybridized carbons (Fsp3) is 0.118. The van der Waals surface area contributed by atoms with Crippen molar-refractivity contribution in [2.75, 3.05) is 6.61 Å². The van der Waals surface area contributed by atoms with E-state index in [0.717, 1.165) is 17.7 Å². The summed E-state index contributed by atoms with van der Waals surface area (Å²) in [7, 11) is -4.16. The van der Waals surface area contributed by atoms with Crippen molar-refractivity contribution in [2.24, 2.45) is 5.14 Å². The van der Waals surface area contributed by atoms with E-state index in [1.165, 1.54) is 6.07 Å². The Hall–Kier alpha value is -2.22. The molecule has 0 atom stereocenters. The van der Waals surface area contributed by atoms with Gasteiger partial charge >= 0.3 is 5.97 Å². The summed E-state index contributed by atoms with van der Waals surface area (Å²) in [6, 6.07) is 8.56. The number of esters is 1. The maximum Gasteiger partial charge on any atom is 0.339 e. The lowest BCUT2D eigenvalue weighted by Crippen LogP contribution is -2.14. The van der Waals surface area contributed by atoms with Crippen molar-refractivity contribution in [2.45, 2.75) is 11.8 Å². The Balaban J connectivity index is 2.16. The average molecular weight is 382 g/mol. The first-order valence-electron chi connectivity index (χ1n) is 7.18. The van der Waals surface area contributed by atoms with Crippen LogP contribution in [0.25, 0.3) is 11.1 Å². The predicted octanol–water partition coefficient (Wildman–Crippen LogP) is 2.90. The topological polar surface area (TPSA) is 86.5 Å². The zero-order valence-corrected chi connectivity index (χ0v) is 14.6. The van der Waals surface area contributed by atoms with Gasteiger partial charge in [-0.05, 0) is 47.9 Å².